The van der Waals surface area contributed by atoms with Crippen LogP contribution in [0.5, 0.6) is 0 Å². The maximum atomic E-state index is 13.0. The fourth-order valence-corrected chi connectivity index (χ4v) is 6.12. The molecule has 9 heteroatoms. The number of hydrogen-bond acceptors (Lipinski definition) is 6. The Balaban J connectivity index is 1.91. The minimum absolute atomic E-state index is 0.0814. The maximum Gasteiger partial charge on any atom is 0.341 e. The summed E-state index contributed by atoms with van der Waals surface area (Å²) in [6.45, 7) is 5.55. The van der Waals surface area contributed by atoms with Crippen molar-refractivity contribution < 1.29 is 22.7 Å². The number of thiophene rings is 1. The topological polar surface area (TPSA) is 92.8 Å². The molecule has 1 N–H and O–H groups in total. The summed E-state index contributed by atoms with van der Waals surface area (Å²) in [6.07, 6.45) is 4.74. The molecule has 0 saturated carbocycles. The Kier molecular flexibility index (Phi) is 7.61. The molecule has 1 amide bonds. The smallest absolute Gasteiger partial charge is 0.341 e. The van der Waals surface area contributed by atoms with Crippen molar-refractivity contribution in [1.82, 2.24) is 0 Å². The van der Waals surface area contributed by atoms with Crippen molar-refractivity contribution in [3.8, 4) is 0 Å². The Morgan fingerprint density at radius 1 is 1.19 bits per heavy atom. The van der Waals surface area contributed by atoms with Crippen LogP contribution in [0.2, 0.25) is 0 Å². The quantitative estimate of drug-likeness (QED) is 0.570. The number of sulfonamides is 1. The van der Waals surface area contributed by atoms with Gasteiger partial charge in [-0.25, -0.2) is 13.2 Å². The average Bonchev–Trinajstić information content (AvgIpc) is 3.09. The highest BCUT2D eigenvalue weighted by Crippen LogP contribution is 2.38. The Morgan fingerprint density at radius 3 is 2.53 bits per heavy atom. The summed E-state index contributed by atoms with van der Waals surface area (Å²) in [5, 5.41) is 3.24. The number of hydrogen-bond donors (Lipinski definition) is 1. The Labute approximate surface area is 193 Å². The summed E-state index contributed by atoms with van der Waals surface area (Å²) < 4.78 is 31.5. The van der Waals surface area contributed by atoms with Gasteiger partial charge in [0.2, 0.25) is 15.9 Å². The van der Waals surface area contributed by atoms with Crippen LogP contribution in [0.3, 0.4) is 0 Å². The largest absolute Gasteiger partial charge is 0.462 e. The molecule has 0 saturated heterocycles. The zero-order valence-electron chi connectivity index (χ0n) is 18.9. The van der Waals surface area contributed by atoms with Crippen LogP contribution in [0.1, 0.15) is 65.9 Å². The third-order valence-corrected chi connectivity index (χ3v) is 7.75. The normalized spacial score (nSPS) is 13.5. The summed E-state index contributed by atoms with van der Waals surface area (Å²) in [7, 11) is -3.71. The second-order valence-corrected chi connectivity index (χ2v) is 11.2. The summed E-state index contributed by atoms with van der Waals surface area (Å²) in [6, 6.07) is 7.17. The summed E-state index contributed by atoms with van der Waals surface area (Å²) in [5.41, 5.74) is 2.68. The van der Waals surface area contributed by atoms with E-state index in [9.17, 15) is 18.0 Å². The van der Waals surface area contributed by atoms with Crippen molar-refractivity contribution in [2.45, 2.75) is 52.4 Å². The van der Waals surface area contributed by atoms with E-state index in [1.54, 1.807) is 19.1 Å². The molecule has 1 aliphatic rings. The number of esters is 1. The Hall–Kier alpha value is -2.39. The first-order chi connectivity index (χ1) is 15.1. The van der Waals surface area contributed by atoms with E-state index in [1.807, 2.05) is 26.0 Å². The highest BCUT2D eigenvalue weighted by Gasteiger charge is 2.29. The molecule has 0 aliphatic heterocycles. The average molecular weight is 479 g/mol. The predicted octanol–water partition coefficient (Wildman–Crippen LogP) is 4.33. The van der Waals surface area contributed by atoms with Crippen molar-refractivity contribution in [2.75, 3.05) is 29.0 Å². The summed E-state index contributed by atoms with van der Waals surface area (Å²) in [4.78, 5) is 26.7. The predicted molar refractivity (Wildman–Crippen MR) is 128 cm³/mol. The molecule has 0 radical (unpaired) electrons. The van der Waals surface area contributed by atoms with Gasteiger partial charge in [-0.05, 0) is 55.7 Å². The third kappa shape index (κ3) is 5.32. The molecule has 1 heterocycles. The summed E-state index contributed by atoms with van der Waals surface area (Å²) >= 11 is 1.38. The number of aryl methyl sites for hydroxylation is 1. The second-order valence-electron chi connectivity index (χ2n) is 8.17. The van der Waals surface area contributed by atoms with Crippen LogP contribution in [0.4, 0.5) is 10.7 Å². The molecule has 2 aromatic rings. The third-order valence-electron chi connectivity index (χ3n) is 5.42. The molecule has 3 rings (SSSR count). The lowest BCUT2D eigenvalue weighted by atomic mass is 9.95. The molecule has 1 aromatic heterocycles. The van der Waals surface area contributed by atoms with Gasteiger partial charge in [-0.1, -0.05) is 32.0 Å². The number of fused-ring (bicyclic) bond motifs is 1. The first kappa shape index (κ1) is 24.3. The number of carbonyl (C=O) groups is 2. The molecule has 32 heavy (non-hydrogen) atoms. The van der Waals surface area contributed by atoms with Gasteiger partial charge in [0.15, 0.2) is 0 Å². The minimum Gasteiger partial charge on any atom is -0.462 e. The number of nitrogens with zero attached hydrogens (tertiary/aromatic N) is 1. The van der Waals surface area contributed by atoms with Gasteiger partial charge < -0.3 is 10.1 Å². The van der Waals surface area contributed by atoms with E-state index in [0.29, 0.717) is 16.3 Å². The van der Waals surface area contributed by atoms with Gasteiger partial charge in [-0.2, -0.15) is 0 Å². The fourth-order valence-electron chi connectivity index (χ4n) is 3.95. The Morgan fingerprint density at radius 2 is 1.88 bits per heavy atom. The van der Waals surface area contributed by atoms with Crippen LogP contribution in [-0.2, 0) is 32.4 Å². The molecule has 174 valence electrons. The van der Waals surface area contributed by atoms with E-state index in [2.05, 4.69) is 5.32 Å². The van der Waals surface area contributed by atoms with Crippen molar-refractivity contribution in [1.29, 1.82) is 0 Å². The van der Waals surface area contributed by atoms with Crippen LogP contribution < -0.4 is 9.62 Å². The van der Waals surface area contributed by atoms with Crippen molar-refractivity contribution in [3.05, 3.63) is 45.8 Å². The van der Waals surface area contributed by atoms with E-state index in [0.717, 1.165) is 52.2 Å². The molecular formula is C23H30N2O5S2. The van der Waals surface area contributed by atoms with Crippen LogP contribution in [0, 0.1) is 0 Å². The number of amides is 1. The van der Waals surface area contributed by atoms with Gasteiger partial charge in [0, 0.05) is 4.88 Å². The zero-order chi connectivity index (χ0) is 23.5. The molecule has 7 nitrogen and oxygen atoms in total. The van der Waals surface area contributed by atoms with Crippen LogP contribution in [0.15, 0.2) is 24.3 Å². The lowest BCUT2D eigenvalue weighted by Crippen LogP contribution is -2.38. The lowest BCUT2D eigenvalue weighted by Gasteiger charge is -2.25. The molecule has 1 aliphatic carbocycles. The van der Waals surface area contributed by atoms with Gasteiger partial charge in [-0.3, -0.25) is 9.10 Å². The van der Waals surface area contributed by atoms with Crippen LogP contribution in [0.25, 0.3) is 0 Å². The molecule has 0 fully saturated rings. The highest BCUT2D eigenvalue weighted by molar-refractivity contribution is 7.92. The number of benzene rings is 1. The summed E-state index contributed by atoms with van der Waals surface area (Å²) in [5.74, 6) is -0.872. The maximum absolute atomic E-state index is 13.0. The SMILES string of the molecule is CCOC(=O)c1c(NC(=O)CN(c2ccccc2C(C)C)S(C)(=O)=O)sc2c1CCCC2. The van der Waals surface area contributed by atoms with Crippen molar-refractivity contribution in [2.24, 2.45) is 0 Å². The van der Waals surface area contributed by atoms with Crippen molar-refractivity contribution >= 4 is 43.9 Å². The van der Waals surface area contributed by atoms with E-state index >= 15 is 0 Å². The number of anilines is 2. The van der Waals surface area contributed by atoms with E-state index in [-0.39, 0.29) is 19.1 Å². The minimum atomic E-state index is -3.71. The molecule has 1 aromatic carbocycles. The second kappa shape index (κ2) is 10.0. The number of carbonyl (C=O) groups excluding carboxylic acids is 2. The van der Waals surface area contributed by atoms with Crippen molar-refractivity contribution in [3.63, 3.8) is 0 Å². The van der Waals surface area contributed by atoms with Crippen LogP contribution >= 0.6 is 11.3 Å². The van der Waals surface area contributed by atoms with Gasteiger partial charge >= 0.3 is 5.97 Å². The zero-order valence-corrected chi connectivity index (χ0v) is 20.6. The molecule has 0 unspecified atom stereocenters. The van der Waals surface area contributed by atoms with Gasteiger partial charge in [0.05, 0.1) is 24.1 Å². The van der Waals surface area contributed by atoms with E-state index in [1.165, 1.54) is 11.3 Å². The van der Waals surface area contributed by atoms with Gasteiger partial charge in [-0.15, -0.1) is 11.3 Å². The molecule has 0 atom stereocenters. The number of ether oxygens (including phenoxy) is 1. The molecular weight excluding hydrogens is 448 g/mol. The first-order valence-corrected chi connectivity index (χ1v) is 13.5. The highest BCUT2D eigenvalue weighted by atomic mass is 32.2. The number of nitrogens with one attached hydrogen (secondary N) is 1. The molecule has 0 bridgehead atoms. The van der Waals surface area contributed by atoms with Gasteiger partial charge in [0.1, 0.15) is 11.5 Å². The van der Waals surface area contributed by atoms with E-state index < -0.39 is 21.9 Å². The molecule has 0 spiro atoms. The van der Waals surface area contributed by atoms with Gasteiger partial charge in [0.25, 0.3) is 0 Å². The fraction of sp³-hybridized carbons (Fsp3) is 0.478. The van der Waals surface area contributed by atoms with E-state index in [4.69, 9.17) is 4.74 Å². The standard InChI is InChI=1S/C23H30N2O5S2/c1-5-30-23(27)21-17-11-7-9-13-19(17)31-22(21)24-20(26)14-25(32(4,28)29)18-12-8-6-10-16(18)15(2)3/h6,8,10,12,15H,5,7,9,11,13-14H2,1-4H3,(H,24,26). The Bertz CT molecular complexity index is 1110. The first-order valence-electron chi connectivity index (χ1n) is 10.8. The monoisotopic (exact) mass is 478 g/mol. The van der Waals surface area contributed by atoms with Crippen LogP contribution in [-0.4, -0.2) is 39.7 Å². The number of para-hydroxylation sites is 1. The number of rotatable bonds is 8. The lowest BCUT2D eigenvalue weighted by molar-refractivity contribution is -0.114.